The molecule has 1 aliphatic heterocycles. The third kappa shape index (κ3) is 4.75. The molecule has 0 bridgehead atoms. The predicted molar refractivity (Wildman–Crippen MR) is 124 cm³/mol. The van der Waals surface area contributed by atoms with Crippen molar-refractivity contribution in [3.8, 4) is 40.1 Å². The number of methoxy groups -OCH3 is 1. The molecule has 0 saturated carbocycles. The first-order valence-corrected chi connectivity index (χ1v) is 10.6. The first-order valence-electron chi connectivity index (χ1n) is 10.6. The number of nitrogens with one attached hydrogen (secondary N) is 1. The molecule has 1 N–H and O–H groups in total. The minimum Gasteiger partial charge on any atom is -0.497 e. The van der Waals surface area contributed by atoms with E-state index in [0.29, 0.717) is 35.1 Å². The van der Waals surface area contributed by atoms with Crippen LogP contribution in [0.5, 0.6) is 29.0 Å². The van der Waals surface area contributed by atoms with Crippen LogP contribution >= 0.6 is 0 Å². The molecule has 2 heterocycles. The Hall–Kier alpha value is -4.59. The molecule has 5 rings (SSSR count). The lowest BCUT2D eigenvalue weighted by Crippen LogP contribution is -2.22. The zero-order chi connectivity index (χ0) is 23.3. The molecule has 0 spiro atoms. The Morgan fingerprint density at radius 1 is 0.912 bits per heavy atom. The van der Waals surface area contributed by atoms with Crippen molar-refractivity contribution in [1.82, 2.24) is 15.3 Å². The highest BCUT2D eigenvalue weighted by Crippen LogP contribution is 2.32. The number of carbonyl (C=O) groups excluding carboxylic acids is 1. The molecule has 170 valence electrons. The minimum atomic E-state index is -0.182. The van der Waals surface area contributed by atoms with Crippen molar-refractivity contribution >= 4 is 5.91 Å². The predicted octanol–water partition coefficient (Wildman–Crippen LogP) is 4.60. The molecule has 1 aliphatic rings. The van der Waals surface area contributed by atoms with Crippen LogP contribution in [0.4, 0.5) is 0 Å². The van der Waals surface area contributed by atoms with E-state index in [4.69, 9.17) is 18.9 Å². The van der Waals surface area contributed by atoms with E-state index in [1.807, 2.05) is 42.5 Å². The van der Waals surface area contributed by atoms with Crippen LogP contribution in [0.2, 0.25) is 0 Å². The molecule has 34 heavy (non-hydrogen) atoms. The van der Waals surface area contributed by atoms with Crippen LogP contribution in [0.15, 0.2) is 79.1 Å². The van der Waals surface area contributed by atoms with Crippen molar-refractivity contribution in [3.63, 3.8) is 0 Å². The number of nitrogens with zero attached hydrogens (tertiary/aromatic N) is 2. The summed E-state index contributed by atoms with van der Waals surface area (Å²) in [7, 11) is 1.59. The Bertz CT molecular complexity index is 1320. The molecular formula is C26H21N3O5. The molecule has 4 aromatic rings. The molecule has 0 unspecified atom stereocenters. The van der Waals surface area contributed by atoms with Crippen LogP contribution in [0, 0.1) is 0 Å². The number of hydrogen-bond donors (Lipinski definition) is 1. The van der Waals surface area contributed by atoms with Gasteiger partial charge in [0.05, 0.1) is 7.11 Å². The maximum absolute atomic E-state index is 12.7. The molecule has 0 radical (unpaired) electrons. The van der Waals surface area contributed by atoms with Gasteiger partial charge in [-0.1, -0.05) is 24.3 Å². The Morgan fingerprint density at radius 2 is 1.71 bits per heavy atom. The summed E-state index contributed by atoms with van der Waals surface area (Å²) in [6.07, 6.45) is 3.32. The van der Waals surface area contributed by atoms with Gasteiger partial charge in [0.1, 0.15) is 11.5 Å². The summed E-state index contributed by atoms with van der Waals surface area (Å²) in [5.74, 6) is 2.48. The number of aromatic nitrogens is 2. The van der Waals surface area contributed by atoms with Gasteiger partial charge in [-0.25, -0.2) is 9.97 Å². The van der Waals surface area contributed by atoms with Crippen LogP contribution in [-0.2, 0) is 6.54 Å². The van der Waals surface area contributed by atoms with Gasteiger partial charge in [0.15, 0.2) is 11.5 Å². The highest BCUT2D eigenvalue weighted by atomic mass is 16.7. The molecule has 3 aromatic carbocycles. The topological polar surface area (TPSA) is 91.8 Å². The molecule has 0 atom stereocenters. The van der Waals surface area contributed by atoms with Gasteiger partial charge in [0, 0.05) is 36.1 Å². The molecule has 8 nitrogen and oxygen atoms in total. The second kappa shape index (κ2) is 9.50. The van der Waals surface area contributed by atoms with Gasteiger partial charge in [0.2, 0.25) is 6.79 Å². The van der Waals surface area contributed by atoms with Gasteiger partial charge in [-0.15, -0.1) is 0 Å². The lowest BCUT2D eigenvalue weighted by atomic mass is 10.1. The Morgan fingerprint density at radius 3 is 2.56 bits per heavy atom. The smallest absolute Gasteiger partial charge is 0.321 e. The molecule has 0 aliphatic carbocycles. The van der Waals surface area contributed by atoms with Crippen molar-refractivity contribution in [3.05, 3.63) is 90.3 Å². The lowest BCUT2D eigenvalue weighted by Gasteiger charge is -2.09. The standard InChI is InChI=1S/C26H21N3O5/c1-31-21-6-3-7-22(12-21)34-26-28-14-20(15-29-26)18-4-2-5-19(11-18)25(30)27-13-17-8-9-23-24(10-17)33-16-32-23/h2-12,14-15H,13,16H2,1H3,(H,27,30). The summed E-state index contributed by atoms with van der Waals surface area (Å²) in [6, 6.07) is 20.3. The zero-order valence-electron chi connectivity index (χ0n) is 18.4. The van der Waals surface area contributed by atoms with E-state index in [1.54, 1.807) is 43.8 Å². The summed E-state index contributed by atoms with van der Waals surface area (Å²) in [4.78, 5) is 21.3. The third-order valence-corrected chi connectivity index (χ3v) is 5.23. The van der Waals surface area contributed by atoms with E-state index in [9.17, 15) is 4.79 Å². The van der Waals surface area contributed by atoms with Gasteiger partial charge in [-0.05, 0) is 47.5 Å². The van der Waals surface area contributed by atoms with E-state index < -0.39 is 0 Å². The number of amides is 1. The third-order valence-electron chi connectivity index (χ3n) is 5.23. The summed E-state index contributed by atoms with van der Waals surface area (Å²) in [5.41, 5.74) is 3.05. The number of ether oxygens (including phenoxy) is 4. The van der Waals surface area contributed by atoms with Crippen LogP contribution in [-0.4, -0.2) is 29.8 Å². The second-order valence-corrected chi connectivity index (χ2v) is 7.49. The van der Waals surface area contributed by atoms with Crippen LogP contribution < -0.4 is 24.3 Å². The molecule has 1 aromatic heterocycles. The van der Waals surface area contributed by atoms with E-state index in [0.717, 1.165) is 16.7 Å². The first-order chi connectivity index (χ1) is 16.7. The molecule has 0 fully saturated rings. The van der Waals surface area contributed by atoms with Crippen molar-refractivity contribution in [2.75, 3.05) is 13.9 Å². The second-order valence-electron chi connectivity index (χ2n) is 7.49. The van der Waals surface area contributed by atoms with Crippen molar-refractivity contribution in [2.24, 2.45) is 0 Å². The van der Waals surface area contributed by atoms with Gasteiger partial charge in [-0.3, -0.25) is 4.79 Å². The summed E-state index contributed by atoms with van der Waals surface area (Å²) < 4.78 is 21.6. The van der Waals surface area contributed by atoms with Crippen LogP contribution in [0.3, 0.4) is 0 Å². The van der Waals surface area contributed by atoms with Gasteiger partial charge >= 0.3 is 6.01 Å². The van der Waals surface area contributed by atoms with Crippen LogP contribution in [0.25, 0.3) is 11.1 Å². The van der Waals surface area contributed by atoms with Crippen molar-refractivity contribution in [2.45, 2.75) is 6.54 Å². The van der Waals surface area contributed by atoms with E-state index in [-0.39, 0.29) is 18.7 Å². The van der Waals surface area contributed by atoms with Crippen LogP contribution in [0.1, 0.15) is 15.9 Å². The van der Waals surface area contributed by atoms with E-state index >= 15 is 0 Å². The van der Waals surface area contributed by atoms with Crippen molar-refractivity contribution < 1.29 is 23.7 Å². The number of rotatable bonds is 7. The van der Waals surface area contributed by atoms with Gasteiger partial charge in [-0.2, -0.15) is 0 Å². The van der Waals surface area contributed by atoms with Gasteiger partial charge < -0.3 is 24.3 Å². The average molecular weight is 455 g/mol. The quantitative estimate of drug-likeness (QED) is 0.435. The lowest BCUT2D eigenvalue weighted by molar-refractivity contribution is 0.0951. The summed E-state index contributed by atoms with van der Waals surface area (Å²) in [5, 5.41) is 2.93. The molecule has 0 saturated heterocycles. The number of carbonyl (C=O) groups is 1. The number of hydrogen-bond acceptors (Lipinski definition) is 7. The Balaban J connectivity index is 1.24. The maximum atomic E-state index is 12.7. The van der Waals surface area contributed by atoms with E-state index in [1.165, 1.54) is 0 Å². The maximum Gasteiger partial charge on any atom is 0.321 e. The average Bonchev–Trinajstić information content (AvgIpc) is 3.36. The monoisotopic (exact) mass is 455 g/mol. The Kier molecular flexibility index (Phi) is 5.94. The molecule has 8 heteroatoms. The first kappa shape index (κ1) is 21.3. The SMILES string of the molecule is COc1cccc(Oc2ncc(-c3cccc(C(=O)NCc4ccc5c(c4)OCO5)c3)cn2)c1. The fourth-order valence-electron chi connectivity index (χ4n) is 3.46. The van der Waals surface area contributed by atoms with Crippen molar-refractivity contribution in [1.29, 1.82) is 0 Å². The molecule has 1 amide bonds. The highest BCUT2D eigenvalue weighted by Gasteiger charge is 2.14. The van der Waals surface area contributed by atoms with E-state index in [2.05, 4.69) is 15.3 Å². The summed E-state index contributed by atoms with van der Waals surface area (Å²) in [6.45, 7) is 0.592. The fraction of sp³-hybridized carbons (Fsp3) is 0.115. The normalized spacial score (nSPS) is 11.7. The zero-order valence-corrected chi connectivity index (χ0v) is 18.4. The number of benzene rings is 3. The Labute approximate surface area is 196 Å². The minimum absolute atomic E-state index is 0.182. The summed E-state index contributed by atoms with van der Waals surface area (Å²) >= 11 is 0. The van der Waals surface area contributed by atoms with Gasteiger partial charge in [0.25, 0.3) is 5.91 Å². The number of fused-ring (bicyclic) bond motifs is 1. The highest BCUT2D eigenvalue weighted by molar-refractivity contribution is 5.95. The largest absolute Gasteiger partial charge is 0.497 e. The fourth-order valence-corrected chi connectivity index (χ4v) is 3.46. The molecular weight excluding hydrogens is 434 g/mol.